The maximum absolute atomic E-state index is 10.6. The number of aromatic nitrogens is 1. The normalized spacial score (nSPS) is 19.5. The lowest BCUT2D eigenvalue weighted by Gasteiger charge is -2.27. The fourth-order valence-corrected chi connectivity index (χ4v) is 1.63. The van der Waals surface area contributed by atoms with Gasteiger partial charge in [-0.2, -0.15) is 13.5 Å². The molecule has 15 heavy (non-hydrogen) atoms. The van der Waals surface area contributed by atoms with Crippen LogP contribution in [0.2, 0.25) is 0 Å². The Hall–Kier alpha value is -1.36. The maximum Gasteiger partial charge on any atom is 0.0804 e. The van der Waals surface area contributed by atoms with E-state index in [0.717, 1.165) is 12.0 Å². The van der Waals surface area contributed by atoms with Gasteiger partial charge in [0, 0.05) is 12.4 Å². The Morgan fingerprint density at radius 2 is 2.33 bits per heavy atom. The van der Waals surface area contributed by atoms with E-state index in [4.69, 9.17) is 0 Å². The average Bonchev–Trinajstić information content (AvgIpc) is 2.30. The molecule has 2 rings (SSSR count). The lowest BCUT2D eigenvalue weighted by Crippen LogP contribution is -2.25. The van der Waals surface area contributed by atoms with Gasteiger partial charge in [-0.3, -0.25) is 4.98 Å². The van der Waals surface area contributed by atoms with Crippen molar-refractivity contribution in [2.24, 2.45) is 5.29 Å². The van der Waals surface area contributed by atoms with E-state index in [0.29, 0.717) is 6.54 Å². The molecule has 4 nitrogen and oxygen atoms in total. The molecular formula is C10H13N3OS. The van der Waals surface area contributed by atoms with E-state index in [9.17, 15) is 4.91 Å². The molecule has 0 saturated heterocycles. The Bertz CT molecular complexity index is 342. The quantitative estimate of drug-likeness (QED) is 0.570. The number of rotatable bonds is 2. The SMILES string of the molecule is O=NN1CC=CCC1c1cccnc1.S. The minimum absolute atomic E-state index is 0. The van der Waals surface area contributed by atoms with Crippen molar-refractivity contribution < 1.29 is 0 Å². The van der Waals surface area contributed by atoms with E-state index in [1.807, 2.05) is 18.2 Å². The largest absolute Gasteiger partial charge is 0.264 e. The van der Waals surface area contributed by atoms with Gasteiger partial charge in [-0.05, 0) is 18.1 Å². The summed E-state index contributed by atoms with van der Waals surface area (Å²) in [5.74, 6) is 0. The summed E-state index contributed by atoms with van der Waals surface area (Å²) in [7, 11) is 0. The second-order valence-corrected chi connectivity index (χ2v) is 3.21. The highest BCUT2D eigenvalue weighted by Gasteiger charge is 2.20. The van der Waals surface area contributed by atoms with Gasteiger partial charge in [0.25, 0.3) is 0 Å². The van der Waals surface area contributed by atoms with Gasteiger partial charge in [-0.15, -0.1) is 4.91 Å². The zero-order valence-corrected chi connectivity index (χ0v) is 9.21. The standard InChI is InChI=1S/C10H11N3O.H2S/c14-12-13-7-2-1-5-10(13)9-4-3-6-11-8-9;/h1-4,6,8,10H,5,7H2;1H2. The third-order valence-electron chi connectivity index (χ3n) is 2.35. The Balaban J connectivity index is 0.00000112. The van der Waals surface area contributed by atoms with Crippen molar-refractivity contribution in [3.8, 4) is 0 Å². The molecule has 0 spiro atoms. The van der Waals surface area contributed by atoms with Crippen molar-refractivity contribution >= 4 is 13.5 Å². The van der Waals surface area contributed by atoms with Crippen LogP contribution in [0.4, 0.5) is 0 Å². The second-order valence-electron chi connectivity index (χ2n) is 3.21. The first-order valence-electron chi connectivity index (χ1n) is 4.56. The van der Waals surface area contributed by atoms with Crippen LogP contribution in [0.15, 0.2) is 42.0 Å². The smallest absolute Gasteiger partial charge is 0.0804 e. The molecule has 0 N–H and O–H groups in total. The van der Waals surface area contributed by atoms with Gasteiger partial charge in [0.05, 0.1) is 17.9 Å². The van der Waals surface area contributed by atoms with E-state index >= 15 is 0 Å². The molecule has 0 saturated carbocycles. The fourth-order valence-electron chi connectivity index (χ4n) is 1.63. The molecule has 1 atom stereocenters. The summed E-state index contributed by atoms with van der Waals surface area (Å²) in [5, 5.41) is 4.55. The summed E-state index contributed by atoms with van der Waals surface area (Å²) in [4.78, 5) is 14.6. The molecule has 1 aromatic rings. The Kier molecular flexibility index (Phi) is 4.30. The summed E-state index contributed by atoms with van der Waals surface area (Å²) >= 11 is 0. The number of hydrogen-bond acceptors (Lipinski definition) is 3. The van der Waals surface area contributed by atoms with Crippen LogP contribution < -0.4 is 0 Å². The molecular weight excluding hydrogens is 210 g/mol. The van der Waals surface area contributed by atoms with Crippen LogP contribution in [0.1, 0.15) is 18.0 Å². The van der Waals surface area contributed by atoms with Crippen LogP contribution >= 0.6 is 13.5 Å². The summed E-state index contributed by atoms with van der Waals surface area (Å²) < 4.78 is 0. The van der Waals surface area contributed by atoms with E-state index in [-0.39, 0.29) is 19.5 Å². The van der Waals surface area contributed by atoms with Crippen LogP contribution in [0.5, 0.6) is 0 Å². The molecule has 1 aliphatic heterocycles. The van der Waals surface area contributed by atoms with Gasteiger partial charge >= 0.3 is 0 Å². The summed E-state index contributed by atoms with van der Waals surface area (Å²) in [6, 6.07) is 3.89. The highest BCUT2D eigenvalue weighted by molar-refractivity contribution is 7.59. The van der Waals surface area contributed by atoms with Crippen molar-refractivity contribution in [2.75, 3.05) is 6.54 Å². The van der Waals surface area contributed by atoms with E-state index in [1.54, 1.807) is 12.4 Å². The molecule has 2 heterocycles. The minimum atomic E-state index is 0. The van der Waals surface area contributed by atoms with Crippen LogP contribution in [0.25, 0.3) is 0 Å². The van der Waals surface area contributed by atoms with Crippen molar-refractivity contribution in [1.82, 2.24) is 9.99 Å². The second kappa shape index (κ2) is 5.50. The first-order valence-corrected chi connectivity index (χ1v) is 4.56. The number of nitrogens with zero attached hydrogens (tertiary/aromatic N) is 3. The Labute approximate surface area is 95.4 Å². The number of pyridine rings is 1. The summed E-state index contributed by atoms with van der Waals surface area (Å²) in [6.45, 7) is 0.586. The summed E-state index contributed by atoms with van der Waals surface area (Å²) in [6.07, 6.45) is 8.34. The van der Waals surface area contributed by atoms with Crippen molar-refractivity contribution in [1.29, 1.82) is 0 Å². The predicted molar refractivity (Wildman–Crippen MR) is 63.6 cm³/mol. The van der Waals surface area contributed by atoms with Crippen LogP contribution in [0, 0.1) is 4.91 Å². The van der Waals surface area contributed by atoms with Gasteiger partial charge in [0.15, 0.2) is 0 Å². The fraction of sp³-hybridized carbons (Fsp3) is 0.300. The molecule has 1 unspecified atom stereocenters. The van der Waals surface area contributed by atoms with Crippen molar-refractivity contribution in [2.45, 2.75) is 12.5 Å². The van der Waals surface area contributed by atoms with E-state index in [2.05, 4.69) is 16.3 Å². The number of hydrogen-bond donors (Lipinski definition) is 0. The molecule has 80 valence electrons. The highest BCUT2D eigenvalue weighted by atomic mass is 32.1. The van der Waals surface area contributed by atoms with Gasteiger partial charge < -0.3 is 0 Å². The molecule has 0 radical (unpaired) electrons. The topological polar surface area (TPSA) is 45.6 Å². The van der Waals surface area contributed by atoms with Crippen molar-refractivity contribution in [3.05, 3.63) is 47.1 Å². The monoisotopic (exact) mass is 223 g/mol. The molecule has 1 aromatic heterocycles. The van der Waals surface area contributed by atoms with Gasteiger partial charge in [-0.25, -0.2) is 5.01 Å². The summed E-state index contributed by atoms with van der Waals surface area (Å²) in [5.41, 5.74) is 1.04. The van der Waals surface area contributed by atoms with E-state index < -0.39 is 0 Å². The lowest BCUT2D eigenvalue weighted by atomic mass is 10.0. The first kappa shape index (κ1) is 11.7. The Morgan fingerprint density at radius 3 is 3.00 bits per heavy atom. The third kappa shape index (κ3) is 2.56. The molecule has 0 amide bonds. The van der Waals surface area contributed by atoms with E-state index in [1.165, 1.54) is 5.01 Å². The minimum Gasteiger partial charge on any atom is -0.264 e. The zero-order chi connectivity index (χ0) is 9.80. The van der Waals surface area contributed by atoms with Gasteiger partial charge in [0.2, 0.25) is 0 Å². The maximum atomic E-state index is 10.6. The van der Waals surface area contributed by atoms with Crippen LogP contribution in [-0.2, 0) is 0 Å². The van der Waals surface area contributed by atoms with Crippen LogP contribution in [0.3, 0.4) is 0 Å². The lowest BCUT2D eigenvalue weighted by molar-refractivity contribution is 0.216. The Morgan fingerprint density at radius 1 is 1.47 bits per heavy atom. The van der Waals surface area contributed by atoms with Crippen LogP contribution in [-0.4, -0.2) is 16.5 Å². The molecule has 0 aliphatic carbocycles. The molecule has 5 heteroatoms. The molecule has 0 fully saturated rings. The van der Waals surface area contributed by atoms with Gasteiger partial charge in [-0.1, -0.05) is 18.2 Å². The average molecular weight is 223 g/mol. The molecule has 0 bridgehead atoms. The predicted octanol–water partition coefficient (Wildman–Crippen LogP) is 2.18. The number of nitroso groups, excluding NO2 is 1. The first-order chi connectivity index (χ1) is 6.92. The third-order valence-corrected chi connectivity index (χ3v) is 2.35. The highest BCUT2D eigenvalue weighted by Crippen LogP contribution is 2.26. The molecule has 1 aliphatic rings. The van der Waals surface area contributed by atoms with Gasteiger partial charge in [0.1, 0.15) is 0 Å². The zero-order valence-electron chi connectivity index (χ0n) is 8.21. The van der Waals surface area contributed by atoms with Crippen molar-refractivity contribution in [3.63, 3.8) is 0 Å². The molecule has 0 aromatic carbocycles.